The van der Waals surface area contributed by atoms with Gasteiger partial charge in [-0.2, -0.15) is 0 Å². The molecule has 2 aromatic heterocycles. The fourth-order valence-corrected chi connectivity index (χ4v) is 2.21. The molecule has 6 nitrogen and oxygen atoms in total. The first-order valence-electron chi connectivity index (χ1n) is 6.90. The van der Waals surface area contributed by atoms with Crippen molar-refractivity contribution in [1.29, 1.82) is 0 Å². The van der Waals surface area contributed by atoms with Crippen LogP contribution in [0, 0.1) is 0 Å². The minimum absolute atomic E-state index is 0.0226. The van der Waals surface area contributed by atoms with Crippen molar-refractivity contribution < 1.29 is 14.7 Å². The Balaban J connectivity index is 2.00. The second-order valence-electron chi connectivity index (χ2n) is 5.01. The second-order valence-corrected chi connectivity index (χ2v) is 5.01. The van der Waals surface area contributed by atoms with Crippen LogP contribution in [0.15, 0.2) is 48.8 Å². The summed E-state index contributed by atoms with van der Waals surface area (Å²) in [5, 5.41) is 12.8. The highest BCUT2D eigenvalue weighted by Gasteiger charge is 2.08. The van der Waals surface area contributed by atoms with E-state index < -0.39 is 5.97 Å². The molecular formula is C17H13N3O3. The minimum Gasteiger partial charge on any atom is -0.478 e. The van der Waals surface area contributed by atoms with E-state index in [1.807, 2.05) is 0 Å². The molecule has 0 atom stereocenters. The number of fused-ring (bicyclic) bond motifs is 1. The first kappa shape index (κ1) is 14.6. The number of rotatable bonds is 4. The summed E-state index contributed by atoms with van der Waals surface area (Å²) in [6, 6.07) is 10.1. The normalized spacial score (nSPS) is 10.5. The number of pyridine rings is 2. The van der Waals surface area contributed by atoms with Crippen molar-refractivity contribution in [1.82, 2.24) is 9.97 Å². The van der Waals surface area contributed by atoms with Crippen molar-refractivity contribution in [2.75, 3.05) is 5.32 Å². The lowest BCUT2D eigenvalue weighted by molar-refractivity contribution is 0.0696. The topological polar surface area (TPSA) is 92.2 Å². The molecule has 1 aromatic carbocycles. The zero-order chi connectivity index (χ0) is 16.4. The number of carboxylic acid groups (broad SMARTS) is 1. The Morgan fingerprint density at radius 1 is 1.04 bits per heavy atom. The van der Waals surface area contributed by atoms with Gasteiger partial charge in [0, 0.05) is 23.3 Å². The Kier molecular flexibility index (Phi) is 3.72. The number of carboxylic acids is 1. The number of nitrogens with one attached hydrogen (secondary N) is 1. The van der Waals surface area contributed by atoms with Crippen LogP contribution in [0.4, 0.5) is 11.5 Å². The Labute approximate surface area is 131 Å². The molecule has 3 aromatic rings. The van der Waals surface area contributed by atoms with E-state index in [1.54, 1.807) is 36.5 Å². The monoisotopic (exact) mass is 307 g/mol. The number of carbonyl (C=O) groups excluding carboxylic acids is 1. The molecule has 114 valence electrons. The molecule has 0 amide bonds. The van der Waals surface area contributed by atoms with Gasteiger partial charge in [0.1, 0.15) is 5.82 Å². The third-order valence-corrected chi connectivity index (χ3v) is 3.42. The number of ketones is 1. The van der Waals surface area contributed by atoms with E-state index in [1.165, 1.54) is 19.2 Å². The number of hydrogen-bond acceptors (Lipinski definition) is 5. The molecule has 2 N–H and O–H groups in total. The van der Waals surface area contributed by atoms with Crippen LogP contribution in [-0.2, 0) is 0 Å². The van der Waals surface area contributed by atoms with Gasteiger partial charge in [0.25, 0.3) is 0 Å². The Hall–Kier alpha value is -3.28. The third-order valence-electron chi connectivity index (χ3n) is 3.42. The summed E-state index contributed by atoms with van der Waals surface area (Å²) in [6.07, 6.45) is 2.94. The van der Waals surface area contributed by atoms with Crippen LogP contribution < -0.4 is 5.32 Å². The molecule has 23 heavy (non-hydrogen) atoms. The lowest BCUT2D eigenvalue weighted by Crippen LogP contribution is -2.00. The van der Waals surface area contributed by atoms with Crippen LogP contribution in [0.1, 0.15) is 27.6 Å². The van der Waals surface area contributed by atoms with Gasteiger partial charge in [0.15, 0.2) is 5.78 Å². The van der Waals surface area contributed by atoms with Crippen LogP contribution in [0.2, 0.25) is 0 Å². The van der Waals surface area contributed by atoms with Gasteiger partial charge in [-0.1, -0.05) is 0 Å². The van der Waals surface area contributed by atoms with Gasteiger partial charge in [-0.15, -0.1) is 0 Å². The molecule has 0 bridgehead atoms. The average Bonchev–Trinajstić information content (AvgIpc) is 2.55. The summed E-state index contributed by atoms with van der Waals surface area (Å²) in [4.78, 5) is 30.7. The highest BCUT2D eigenvalue weighted by molar-refractivity contribution is 6.01. The van der Waals surface area contributed by atoms with E-state index in [-0.39, 0.29) is 11.3 Å². The average molecular weight is 307 g/mol. The van der Waals surface area contributed by atoms with Crippen LogP contribution in [0.25, 0.3) is 10.9 Å². The first-order valence-corrected chi connectivity index (χ1v) is 6.90. The maximum absolute atomic E-state index is 11.6. The van der Waals surface area contributed by atoms with Crippen molar-refractivity contribution in [2.45, 2.75) is 6.92 Å². The molecule has 3 rings (SSSR count). The van der Waals surface area contributed by atoms with Gasteiger partial charge in [-0.05, 0) is 43.3 Å². The van der Waals surface area contributed by atoms with E-state index in [9.17, 15) is 9.59 Å². The number of nitrogens with zero attached hydrogens (tertiary/aromatic N) is 2. The molecule has 0 saturated heterocycles. The number of aromatic nitrogens is 2. The van der Waals surface area contributed by atoms with E-state index in [0.717, 1.165) is 16.6 Å². The molecule has 0 fully saturated rings. The van der Waals surface area contributed by atoms with Crippen molar-refractivity contribution in [3.05, 3.63) is 59.9 Å². The van der Waals surface area contributed by atoms with Crippen LogP contribution in [0.5, 0.6) is 0 Å². The Morgan fingerprint density at radius 3 is 2.48 bits per heavy atom. The fraction of sp³-hybridized carbons (Fsp3) is 0.0588. The van der Waals surface area contributed by atoms with Gasteiger partial charge >= 0.3 is 5.97 Å². The lowest BCUT2D eigenvalue weighted by Gasteiger charge is -2.09. The van der Waals surface area contributed by atoms with Crippen molar-refractivity contribution >= 4 is 34.2 Å². The quantitative estimate of drug-likeness (QED) is 0.719. The number of anilines is 2. The smallest absolute Gasteiger partial charge is 0.337 e. The summed E-state index contributed by atoms with van der Waals surface area (Å²) in [5.41, 5.74) is 2.22. The Bertz CT molecular complexity index is 905. The minimum atomic E-state index is -1.02. The number of aromatic carboxylic acids is 1. The second kappa shape index (κ2) is 5.84. The molecule has 0 aliphatic carbocycles. The summed E-state index contributed by atoms with van der Waals surface area (Å²) in [6.45, 7) is 1.51. The van der Waals surface area contributed by atoms with Crippen LogP contribution in [-0.4, -0.2) is 26.8 Å². The predicted octanol–water partition coefficient (Wildman–Crippen LogP) is 3.27. The number of hydrogen-bond donors (Lipinski definition) is 2. The summed E-state index contributed by atoms with van der Waals surface area (Å²) >= 11 is 0. The summed E-state index contributed by atoms with van der Waals surface area (Å²) < 4.78 is 0. The maximum Gasteiger partial charge on any atom is 0.337 e. The van der Waals surface area contributed by atoms with Crippen LogP contribution in [0.3, 0.4) is 0 Å². The van der Waals surface area contributed by atoms with Crippen LogP contribution >= 0.6 is 0 Å². The van der Waals surface area contributed by atoms with Gasteiger partial charge in [0.05, 0.1) is 16.8 Å². The standard InChI is InChI=1S/C17H13N3O3/c1-10(21)11-2-4-14-13(8-11)15(6-7-18-14)20-16-5-3-12(9-19-16)17(22)23/h2-9H,1H3,(H,22,23)(H,18,19,20). The van der Waals surface area contributed by atoms with Gasteiger partial charge in [-0.3, -0.25) is 9.78 Å². The molecule has 0 saturated carbocycles. The molecule has 6 heteroatoms. The van der Waals surface area contributed by atoms with E-state index in [2.05, 4.69) is 15.3 Å². The zero-order valence-electron chi connectivity index (χ0n) is 12.3. The number of benzene rings is 1. The van der Waals surface area contributed by atoms with Crippen molar-refractivity contribution in [3.8, 4) is 0 Å². The van der Waals surface area contributed by atoms with E-state index in [0.29, 0.717) is 11.4 Å². The highest BCUT2D eigenvalue weighted by Crippen LogP contribution is 2.25. The molecular weight excluding hydrogens is 294 g/mol. The molecule has 0 aliphatic rings. The zero-order valence-corrected chi connectivity index (χ0v) is 12.3. The number of carbonyl (C=O) groups is 2. The fourth-order valence-electron chi connectivity index (χ4n) is 2.21. The van der Waals surface area contributed by atoms with Crippen molar-refractivity contribution in [2.24, 2.45) is 0 Å². The third kappa shape index (κ3) is 3.01. The highest BCUT2D eigenvalue weighted by atomic mass is 16.4. The van der Waals surface area contributed by atoms with Gasteiger partial charge in [0.2, 0.25) is 0 Å². The molecule has 2 heterocycles. The maximum atomic E-state index is 11.6. The lowest BCUT2D eigenvalue weighted by atomic mass is 10.1. The van der Waals surface area contributed by atoms with Gasteiger partial charge < -0.3 is 10.4 Å². The molecule has 0 spiro atoms. The van der Waals surface area contributed by atoms with Crippen molar-refractivity contribution in [3.63, 3.8) is 0 Å². The Morgan fingerprint density at radius 2 is 1.83 bits per heavy atom. The summed E-state index contributed by atoms with van der Waals surface area (Å²) in [7, 11) is 0. The largest absolute Gasteiger partial charge is 0.478 e. The molecule has 0 aliphatic heterocycles. The molecule has 0 unspecified atom stereocenters. The van der Waals surface area contributed by atoms with E-state index >= 15 is 0 Å². The SMILES string of the molecule is CC(=O)c1ccc2nccc(Nc3ccc(C(=O)O)cn3)c2c1. The summed E-state index contributed by atoms with van der Waals surface area (Å²) in [5.74, 6) is -0.536. The predicted molar refractivity (Wildman–Crippen MR) is 86.2 cm³/mol. The number of Topliss-reactive ketones (excluding diaryl/α,β-unsaturated/α-hetero) is 1. The van der Waals surface area contributed by atoms with E-state index in [4.69, 9.17) is 5.11 Å². The first-order chi connectivity index (χ1) is 11.0. The molecule has 0 radical (unpaired) electrons. The van der Waals surface area contributed by atoms with Gasteiger partial charge in [-0.25, -0.2) is 9.78 Å².